The molecule has 1 fully saturated rings. The van der Waals surface area contributed by atoms with Crippen molar-refractivity contribution in [1.82, 2.24) is 0 Å². The highest BCUT2D eigenvalue weighted by Gasteiger charge is 2.22. The lowest BCUT2D eigenvalue weighted by Gasteiger charge is -2.27. The molecule has 4 rings (SSSR count). The molecule has 3 aromatic rings. The Bertz CT molecular complexity index is 1100. The van der Waals surface area contributed by atoms with Crippen molar-refractivity contribution in [3.05, 3.63) is 88.9 Å². The zero-order valence-corrected chi connectivity index (χ0v) is 19.2. The lowest BCUT2D eigenvalue weighted by Crippen LogP contribution is -2.17. The van der Waals surface area contributed by atoms with E-state index in [0.717, 1.165) is 18.4 Å². The summed E-state index contributed by atoms with van der Waals surface area (Å²) in [7, 11) is 0. The molecule has 2 amide bonds. The maximum Gasteiger partial charge on any atom is 0.291 e. The van der Waals surface area contributed by atoms with Crippen LogP contribution in [0.5, 0.6) is 0 Å². The van der Waals surface area contributed by atoms with Crippen molar-refractivity contribution in [2.24, 2.45) is 11.7 Å². The van der Waals surface area contributed by atoms with Crippen molar-refractivity contribution in [1.29, 1.82) is 0 Å². The Hall–Kier alpha value is -3.34. The van der Waals surface area contributed by atoms with E-state index in [1.165, 1.54) is 49.5 Å². The number of hydrogen-bond acceptors (Lipinski definition) is 3. The zero-order valence-electron chi connectivity index (χ0n) is 19.2. The summed E-state index contributed by atoms with van der Waals surface area (Å²) in [6, 6.07) is 17.4. The quantitative estimate of drug-likeness (QED) is 0.472. The fraction of sp³-hybridized carbons (Fsp3) is 0.357. The molecule has 0 bridgehead atoms. The number of rotatable bonds is 6. The van der Waals surface area contributed by atoms with Crippen LogP contribution in [-0.2, 0) is 6.42 Å². The third-order valence-electron chi connectivity index (χ3n) is 6.86. The third-order valence-corrected chi connectivity index (χ3v) is 6.86. The summed E-state index contributed by atoms with van der Waals surface area (Å²) in [5, 5.41) is 2.93. The average Bonchev–Trinajstić information content (AvgIpc) is 3.33. The van der Waals surface area contributed by atoms with E-state index in [9.17, 15) is 9.59 Å². The Morgan fingerprint density at radius 3 is 2.58 bits per heavy atom. The number of furan rings is 1. The molecule has 172 valence electrons. The third kappa shape index (κ3) is 5.72. The highest BCUT2D eigenvalue weighted by atomic mass is 16.3. The molecule has 0 aliphatic heterocycles. The normalized spacial score (nSPS) is 18.8. The van der Waals surface area contributed by atoms with E-state index in [0.29, 0.717) is 23.1 Å². The van der Waals surface area contributed by atoms with E-state index < -0.39 is 5.91 Å². The topological polar surface area (TPSA) is 85.3 Å². The van der Waals surface area contributed by atoms with Gasteiger partial charge in [0.2, 0.25) is 5.91 Å². The molecule has 33 heavy (non-hydrogen) atoms. The standard InChI is InChI=1S/C28H32N2O3/c1-19-7-2-5-10-24(19)21-9-4-3-8-20(12-13-21)17-22-14-15-23(27(29)31)18-25(22)30-28(32)26-11-6-16-33-26/h2,5-7,10-11,14-16,18,20-21H,3-4,8-9,12-13,17H2,1H3,(H2,29,31)(H,30,32). The molecule has 5 heteroatoms. The number of anilines is 1. The van der Waals surface area contributed by atoms with E-state index in [4.69, 9.17) is 10.2 Å². The predicted molar refractivity (Wildman–Crippen MR) is 130 cm³/mol. The Kier molecular flexibility index (Phi) is 7.28. The number of nitrogens with one attached hydrogen (secondary N) is 1. The first-order chi connectivity index (χ1) is 16.0. The Morgan fingerprint density at radius 2 is 1.82 bits per heavy atom. The van der Waals surface area contributed by atoms with Crippen LogP contribution in [0.3, 0.4) is 0 Å². The van der Waals surface area contributed by atoms with Crippen LogP contribution in [0.15, 0.2) is 65.3 Å². The zero-order chi connectivity index (χ0) is 23.2. The van der Waals surface area contributed by atoms with Gasteiger partial charge >= 0.3 is 0 Å². The fourth-order valence-electron chi connectivity index (χ4n) is 5.04. The first kappa shape index (κ1) is 22.8. The number of nitrogens with two attached hydrogens (primary N) is 1. The highest BCUT2D eigenvalue weighted by molar-refractivity contribution is 6.03. The van der Waals surface area contributed by atoms with Gasteiger partial charge in [0.15, 0.2) is 5.76 Å². The molecule has 2 atom stereocenters. The summed E-state index contributed by atoms with van der Waals surface area (Å²) in [5.74, 6) is 0.513. The molecule has 2 unspecified atom stereocenters. The SMILES string of the molecule is Cc1ccccc1C1CCCCC(Cc2ccc(C(N)=O)cc2NC(=O)c2ccco2)CC1. The second-order valence-corrected chi connectivity index (χ2v) is 9.15. The number of carbonyl (C=O) groups is 2. The van der Waals surface area contributed by atoms with E-state index in [-0.39, 0.29) is 11.7 Å². The van der Waals surface area contributed by atoms with Gasteiger partial charge in [-0.2, -0.15) is 0 Å². The summed E-state index contributed by atoms with van der Waals surface area (Å²) in [6.07, 6.45) is 9.49. The number of hydrogen-bond donors (Lipinski definition) is 2. The predicted octanol–water partition coefficient (Wildman–Crippen LogP) is 6.24. The molecule has 5 nitrogen and oxygen atoms in total. The Morgan fingerprint density at radius 1 is 1.00 bits per heavy atom. The van der Waals surface area contributed by atoms with Gasteiger partial charge in [-0.15, -0.1) is 0 Å². The van der Waals surface area contributed by atoms with Crippen LogP contribution in [-0.4, -0.2) is 11.8 Å². The molecule has 1 heterocycles. The maximum atomic E-state index is 12.6. The molecule has 1 aliphatic carbocycles. The minimum atomic E-state index is -0.512. The molecule has 0 spiro atoms. The summed E-state index contributed by atoms with van der Waals surface area (Å²) in [4.78, 5) is 24.4. The smallest absolute Gasteiger partial charge is 0.291 e. The second-order valence-electron chi connectivity index (χ2n) is 9.15. The first-order valence-corrected chi connectivity index (χ1v) is 11.8. The fourth-order valence-corrected chi connectivity index (χ4v) is 5.04. The van der Waals surface area contributed by atoms with Gasteiger partial charge in [0.1, 0.15) is 0 Å². The number of primary amides is 1. The molecular formula is C28H32N2O3. The van der Waals surface area contributed by atoms with Crippen molar-refractivity contribution in [2.75, 3.05) is 5.32 Å². The number of carbonyl (C=O) groups excluding carboxylic acids is 2. The van der Waals surface area contributed by atoms with Crippen molar-refractivity contribution in [2.45, 2.75) is 57.8 Å². The summed E-state index contributed by atoms with van der Waals surface area (Å²) < 4.78 is 5.23. The van der Waals surface area contributed by atoms with Gasteiger partial charge in [0.25, 0.3) is 5.91 Å². The lowest BCUT2D eigenvalue weighted by atomic mass is 9.79. The summed E-state index contributed by atoms with van der Waals surface area (Å²) in [6.45, 7) is 2.21. The minimum absolute atomic E-state index is 0.234. The van der Waals surface area contributed by atoms with Crippen LogP contribution in [0, 0.1) is 12.8 Å². The van der Waals surface area contributed by atoms with Crippen LogP contribution in [0.1, 0.15) is 82.0 Å². The van der Waals surface area contributed by atoms with E-state index >= 15 is 0 Å². The maximum absolute atomic E-state index is 12.6. The molecule has 0 radical (unpaired) electrons. The summed E-state index contributed by atoms with van der Waals surface area (Å²) in [5.41, 5.74) is 10.4. The van der Waals surface area contributed by atoms with E-state index in [1.54, 1.807) is 24.3 Å². The average molecular weight is 445 g/mol. The van der Waals surface area contributed by atoms with E-state index in [1.807, 2.05) is 6.07 Å². The van der Waals surface area contributed by atoms with Gasteiger partial charge in [0, 0.05) is 11.3 Å². The van der Waals surface area contributed by atoms with Crippen LogP contribution in [0.4, 0.5) is 5.69 Å². The first-order valence-electron chi connectivity index (χ1n) is 11.8. The van der Waals surface area contributed by atoms with Gasteiger partial charge in [-0.05, 0) is 85.4 Å². The van der Waals surface area contributed by atoms with Gasteiger partial charge in [-0.25, -0.2) is 0 Å². The monoisotopic (exact) mass is 444 g/mol. The van der Waals surface area contributed by atoms with Crippen molar-refractivity contribution in [3.63, 3.8) is 0 Å². The Balaban J connectivity index is 1.51. The van der Waals surface area contributed by atoms with Crippen molar-refractivity contribution < 1.29 is 14.0 Å². The van der Waals surface area contributed by atoms with Crippen LogP contribution in [0.2, 0.25) is 0 Å². The molecule has 3 N–H and O–H groups in total. The molecule has 2 aromatic carbocycles. The number of benzene rings is 2. The van der Waals surface area contributed by atoms with Gasteiger partial charge < -0.3 is 15.5 Å². The molecule has 1 saturated carbocycles. The van der Waals surface area contributed by atoms with Crippen LogP contribution >= 0.6 is 0 Å². The molecule has 1 aliphatic rings. The summed E-state index contributed by atoms with van der Waals surface area (Å²) >= 11 is 0. The van der Waals surface area contributed by atoms with Gasteiger partial charge in [0.05, 0.1) is 6.26 Å². The lowest BCUT2D eigenvalue weighted by molar-refractivity contribution is 0.0988. The molecule has 0 saturated heterocycles. The van der Waals surface area contributed by atoms with Crippen LogP contribution < -0.4 is 11.1 Å². The minimum Gasteiger partial charge on any atom is -0.459 e. The Labute approximate surface area is 195 Å². The second kappa shape index (κ2) is 10.5. The van der Waals surface area contributed by atoms with Gasteiger partial charge in [-0.3, -0.25) is 9.59 Å². The molecule has 1 aromatic heterocycles. The highest BCUT2D eigenvalue weighted by Crippen LogP contribution is 2.36. The number of amides is 2. The van der Waals surface area contributed by atoms with E-state index in [2.05, 4.69) is 36.5 Å². The largest absolute Gasteiger partial charge is 0.459 e. The van der Waals surface area contributed by atoms with Crippen molar-refractivity contribution in [3.8, 4) is 0 Å². The number of aryl methyl sites for hydroxylation is 1. The molecular weight excluding hydrogens is 412 g/mol. The van der Waals surface area contributed by atoms with Gasteiger partial charge in [-0.1, -0.05) is 49.6 Å². The van der Waals surface area contributed by atoms with Crippen LogP contribution in [0.25, 0.3) is 0 Å². The van der Waals surface area contributed by atoms with Crippen molar-refractivity contribution >= 4 is 17.5 Å².